The maximum absolute atomic E-state index is 12.4. The van der Waals surface area contributed by atoms with Crippen LogP contribution in [0.1, 0.15) is 6.92 Å². The van der Waals surface area contributed by atoms with Gasteiger partial charge in [-0.2, -0.15) is 4.31 Å². The first kappa shape index (κ1) is 16.3. The fourth-order valence-electron chi connectivity index (χ4n) is 1.82. The molecule has 0 saturated heterocycles. The number of aliphatic hydroxyl groups is 1. The molecule has 0 bridgehead atoms. The summed E-state index contributed by atoms with van der Waals surface area (Å²) in [4.78, 5) is 10.0. The van der Waals surface area contributed by atoms with Crippen LogP contribution in [0.15, 0.2) is 23.1 Å². The molecule has 8 nitrogen and oxygen atoms in total. The van der Waals surface area contributed by atoms with Crippen molar-refractivity contribution in [2.45, 2.75) is 11.8 Å². The minimum atomic E-state index is -4.03. The van der Waals surface area contributed by atoms with E-state index in [1.165, 1.54) is 25.2 Å². The highest BCUT2D eigenvalue weighted by Gasteiger charge is 2.32. The number of sulfonamides is 1. The van der Waals surface area contributed by atoms with Crippen LogP contribution in [-0.2, 0) is 10.0 Å². The van der Waals surface area contributed by atoms with Gasteiger partial charge in [-0.25, -0.2) is 8.42 Å². The number of likely N-dealkylation sites (N-methyl/N-ethyl adjacent to an activating group) is 1. The van der Waals surface area contributed by atoms with Crippen LogP contribution in [0.2, 0.25) is 0 Å². The van der Waals surface area contributed by atoms with Crippen molar-refractivity contribution in [1.82, 2.24) is 4.31 Å². The number of hydrogen-bond donors (Lipinski definition) is 2. The topological polar surface area (TPSA) is 113 Å². The first-order valence-electron chi connectivity index (χ1n) is 5.96. The zero-order chi connectivity index (χ0) is 15.3. The Bertz CT molecular complexity index is 588. The predicted octanol–water partition coefficient (Wildman–Crippen LogP) is 0.639. The lowest BCUT2D eigenvalue weighted by atomic mass is 10.3. The van der Waals surface area contributed by atoms with E-state index in [9.17, 15) is 18.5 Å². The molecule has 0 unspecified atom stereocenters. The first-order chi connectivity index (χ1) is 9.39. The maximum Gasteiger partial charge on any atom is 0.312 e. The van der Waals surface area contributed by atoms with Gasteiger partial charge < -0.3 is 10.4 Å². The minimum Gasteiger partial charge on any atom is -0.395 e. The van der Waals surface area contributed by atoms with E-state index >= 15 is 0 Å². The molecule has 0 saturated carbocycles. The minimum absolute atomic E-state index is 0.111. The van der Waals surface area contributed by atoms with Crippen molar-refractivity contribution in [1.29, 1.82) is 0 Å². The van der Waals surface area contributed by atoms with Crippen molar-refractivity contribution >= 4 is 21.4 Å². The fourth-order valence-corrected chi connectivity index (χ4v) is 3.44. The molecule has 0 atom stereocenters. The standard InChI is InChI=1S/C11H17N3O5S/c1-3-13(7-8-15)20(18,19)10-6-4-5-9(12-2)11(10)14(16)17/h4-6,12,15H,3,7-8H2,1-2H3. The number of nitrogens with zero attached hydrogens (tertiary/aromatic N) is 2. The molecule has 0 aliphatic carbocycles. The van der Waals surface area contributed by atoms with Crippen molar-refractivity contribution in [3.8, 4) is 0 Å². The highest BCUT2D eigenvalue weighted by molar-refractivity contribution is 7.89. The summed E-state index contributed by atoms with van der Waals surface area (Å²) in [5.74, 6) is 0. The highest BCUT2D eigenvalue weighted by Crippen LogP contribution is 2.33. The Kier molecular flexibility index (Phi) is 5.43. The third-order valence-corrected chi connectivity index (χ3v) is 4.78. The van der Waals surface area contributed by atoms with E-state index in [1.807, 2.05) is 0 Å². The summed E-state index contributed by atoms with van der Waals surface area (Å²) in [6.45, 7) is 1.25. The molecular formula is C11H17N3O5S. The molecule has 0 aromatic heterocycles. The van der Waals surface area contributed by atoms with E-state index in [0.29, 0.717) is 0 Å². The number of aliphatic hydroxyl groups excluding tert-OH is 1. The van der Waals surface area contributed by atoms with Gasteiger partial charge in [0.25, 0.3) is 0 Å². The van der Waals surface area contributed by atoms with Crippen molar-refractivity contribution in [3.63, 3.8) is 0 Å². The van der Waals surface area contributed by atoms with E-state index in [4.69, 9.17) is 5.11 Å². The molecule has 0 spiro atoms. The number of nitro groups is 1. The van der Waals surface area contributed by atoms with Crippen LogP contribution >= 0.6 is 0 Å². The number of rotatable bonds is 7. The molecule has 0 fully saturated rings. The molecule has 9 heteroatoms. The molecule has 2 N–H and O–H groups in total. The summed E-state index contributed by atoms with van der Waals surface area (Å²) >= 11 is 0. The van der Waals surface area contributed by atoms with Gasteiger partial charge in [0.2, 0.25) is 10.0 Å². The average Bonchev–Trinajstić information content (AvgIpc) is 2.43. The molecule has 112 valence electrons. The van der Waals surface area contributed by atoms with Crippen LogP contribution in [-0.4, -0.2) is 49.5 Å². The second kappa shape index (κ2) is 6.64. The van der Waals surface area contributed by atoms with E-state index in [2.05, 4.69) is 5.32 Å². The number of nitro benzene ring substituents is 1. The Balaban J connectivity index is 3.49. The van der Waals surface area contributed by atoms with E-state index in [0.717, 1.165) is 4.31 Å². The molecule has 1 aromatic carbocycles. The van der Waals surface area contributed by atoms with Gasteiger partial charge in [0.1, 0.15) is 5.69 Å². The van der Waals surface area contributed by atoms with Gasteiger partial charge in [-0.3, -0.25) is 10.1 Å². The Morgan fingerprint density at radius 2 is 2.10 bits per heavy atom. The van der Waals surface area contributed by atoms with Gasteiger partial charge in [0.05, 0.1) is 11.5 Å². The van der Waals surface area contributed by atoms with Crippen LogP contribution in [0.5, 0.6) is 0 Å². The summed E-state index contributed by atoms with van der Waals surface area (Å²) in [6.07, 6.45) is 0. The van der Waals surface area contributed by atoms with Crippen molar-refractivity contribution in [2.24, 2.45) is 0 Å². The van der Waals surface area contributed by atoms with E-state index in [-0.39, 0.29) is 30.3 Å². The molecule has 0 aliphatic rings. The SMILES string of the molecule is CCN(CCO)S(=O)(=O)c1cccc(NC)c1[N+](=O)[O-]. The molecule has 1 rings (SSSR count). The number of hydrogen-bond acceptors (Lipinski definition) is 6. The van der Waals surface area contributed by atoms with Gasteiger partial charge >= 0.3 is 5.69 Å². The summed E-state index contributed by atoms with van der Waals surface area (Å²) in [5.41, 5.74) is -0.373. The highest BCUT2D eigenvalue weighted by atomic mass is 32.2. The third-order valence-electron chi connectivity index (χ3n) is 2.77. The smallest absolute Gasteiger partial charge is 0.312 e. The van der Waals surface area contributed by atoms with E-state index in [1.54, 1.807) is 6.92 Å². The number of benzene rings is 1. The Morgan fingerprint density at radius 3 is 2.55 bits per heavy atom. The van der Waals surface area contributed by atoms with Gasteiger partial charge in [0.15, 0.2) is 4.90 Å². The Labute approximate surface area is 117 Å². The third kappa shape index (κ3) is 3.06. The first-order valence-corrected chi connectivity index (χ1v) is 7.40. The Morgan fingerprint density at radius 1 is 1.45 bits per heavy atom. The van der Waals surface area contributed by atoms with Gasteiger partial charge in [-0.1, -0.05) is 13.0 Å². The average molecular weight is 303 g/mol. The van der Waals surface area contributed by atoms with E-state index < -0.39 is 20.6 Å². The molecule has 20 heavy (non-hydrogen) atoms. The maximum atomic E-state index is 12.4. The van der Waals surface area contributed by atoms with Crippen LogP contribution in [0.3, 0.4) is 0 Å². The summed E-state index contributed by atoms with van der Waals surface area (Å²) in [6, 6.07) is 4.05. The number of anilines is 1. The van der Waals surface area contributed by atoms with Crippen LogP contribution < -0.4 is 5.32 Å². The normalized spacial score (nSPS) is 11.6. The lowest BCUT2D eigenvalue weighted by Crippen LogP contribution is -2.33. The van der Waals surface area contributed by atoms with Gasteiger partial charge in [-0.15, -0.1) is 0 Å². The molecule has 0 radical (unpaired) electrons. The predicted molar refractivity (Wildman–Crippen MR) is 74.2 cm³/mol. The quantitative estimate of drug-likeness (QED) is 0.564. The fraction of sp³-hybridized carbons (Fsp3) is 0.455. The lowest BCUT2D eigenvalue weighted by molar-refractivity contribution is -0.386. The largest absolute Gasteiger partial charge is 0.395 e. The van der Waals surface area contributed by atoms with Crippen LogP contribution in [0.4, 0.5) is 11.4 Å². The molecule has 0 amide bonds. The van der Waals surface area contributed by atoms with Gasteiger partial charge in [-0.05, 0) is 12.1 Å². The Hall–Kier alpha value is -1.71. The summed E-state index contributed by atoms with van der Waals surface area (Å²) in [7, 11) is -2.55. The molecule has 0 heterocycles. The van der Waals surface area contributed by atoms with Gasteiger partial charge in [0, 0.05) is 20.1 Å². The van der Waals surface area contributed by atoms with Crippen LogP contribution in [0.25, 0.3) is 0 Å². The van der Waals surface area contributed by atoms with Crippen molar-refractivity contribution in [3.05, 3.63) is 28.3 Å². The zero-order valence-electron chi connectivity index (χ0n) is 11.2. The van der Waals surface area contributed by atoms with Crippen molar-refractivity contribution in [2.75, 3.05) is 32.1 Å². The molecular weight excluding hydrogens is 286 g/mol. The number of para-hydroxylation sites is 1. The molecule has 0 aliphatic heterocycles. The summed E-state index contributed by atoms with van der Waals surface area (Å²) in [5, 5.41) is 22.7. The molecule has 1 aromatic rings. The lowest BCUT2D eigenvalue weighted by Gasteiger charge is -2.19. The zero-order valence-corrected chi connectivity index (χ0v) is 12.1. The second-order valence-corrected chi connectivity index (χ2v) is 5.79. The second-order valence-electron chi connectivity index (χ2n) is 3.88. The van der Waals surface area contributed by atoms with Crippen molar-refractivity contribution < 1.29 is 18.4 Å². The number of nitrogens with one attached hydrogen (secondary N) is 1. The van der Waals surface area contributed by atoms with Crippen LogP contribution in [0, 0.1) is 10.1 Å². The monoisotopic (exact) mass is 303 g/mol. The summed E-state index contributed by atoms with van der Waals surface area (Å²) < 4.78 is 25.9.